The summed E-state index contributed by atoms with van der Waals surface area (Å²) >= 11 is 0. The molecule has 0 aliphatic heterocycles. The van der Waals surface area contributed by atoms with E-state index < -0.39 is 9.84 Å². The number of hydrogen-bond acceptors (Lipinski definition) is 3. The van der Waals surface area contributed by atoms with Crippen LogP contribution < -0.4 is 5.32 Å². The van der Waals surface area contributed by atoms with Gasteiger partial charge in [-0.3, -0.25) is 0 Å². The Kier molecular flexibility index (Phi) is 5.69. The number of carbonyl (C=O) groups is 1. The van der Waals surface area contributed by atoms with Crippen LogP contribution in [0.25, 0.3) is 0 Å². The van der Waals surface area contributed by atoms with Crippen LogP contribution in [0.5, 0.6) is 0 Å². The lowest BCUT2D eigenvalue weighted by molar-refractivity contribution is 0.139. The van der Waals surface area contributed by atoms with E-state index in [0.29, 0.717) is 11.3 Å². The van der Waals surface area contributed by atoms with E-state index in [-0.39, 0.29) is 23.9 Å². The molecule has 1 aliphatic carbocycles. The van der Waals surface area contributed by atoms with Crippen molar-refractivity contribution in [1.29, 1.82) is 0 Å². The summed E-state index contributed by atoms with van der Waals surface area (Å²) in [6, 6.07) is -0.323. The molecule has 1 fully saturated rings. The van der Waals surface area contributed by atoms with Gasteiger partial charge in [-0.2, -0.15) is 0 Å². The molecule has 1 rings (SSSR count). The first-order chi connectivity index (χ1) is 9.41. The molecule has 2 amide bonds. The first-order valence-electron chi connectivity index (χ1n) is 7.62. The van der Waals surface area contributed by atoms with Crippen LogP contribution in [-0.4, -0.2) is 50.5 Å². The molecule has 6 heteroatoms. The van der Waals surface area contributed by atoms with Gasteiger partial charge in [0.15, 0.2) is 0 Å². The highest BCUT2D eigenvalue weighted by Crippen LogP contribution is 2.38. The summed E-state index contributed by atoms with van der Waals surface area (Å²) in [6.45, 7) is 8.46. The van der Waals surface area contributed by atoms with Gasteiger partial charge >= 0.3 is 6.03 Å². The molecule has 0 saturated heterocycles. The summed E-state index contributed by atoms with van der Waals surface area (Å²) in [6.07, 6.45) is 4.38. The quantitative estimate of drug-likeness (QED) is 0.865. The van der Waals surface area contributed by atoms with Gasteiger partial charge in [0.2, 0.25) is 0 Å². The highest BCUT2D eigenvalue weighted by molar-refractivity contribution is 7.90. The Labute approximate surface area is 129 Å². The van der Waals surface area contributed by atoms with Crippen molar-refractivity contribution in [3.05, 3.63) is 0 Å². The molecular formula is C15H30N2O3S. The second kappa shape index (κ2) is 6.55. The fourth-order valence-electron chi connectivity index (χ4n) is 3.17. The van der Waals surface area contributed by atoms with Crippen molar-refractivity contribution in [3.8, 4) is 0 Å². The fraction of sp³-hybridized carbons (Fsp3) is 0.933. The molecule has 124 valence electrons. The monoisotopic (exact) mass is 318 g/mol. The second-order valence-corrected chi connectivity index (χ2v) is 9.68. The predicted molar refractivity (Wildman–Crippen MR) is 86.1 cm³/mol. The summed E-state index contributed by atoms with van der Waals surface area (Å²) in [7, 11) is -1.43. The van der Waals surface area contributed by atoms with Crippen LogP contribution in [0.2, 0.25) is 0 Å². The van der Waals surface area contributed by atoms with E-state index in [1.807, 2.05) is 0 Å². The Morgan fingerprint density at radius 3 is 2.48 bits per heavy atom. The molecule has 0 aromatic heterocycles. The van der Waals surface area contributed by atoms with Crippen molar-refractivity contribution in [1.82, 2.24) is 10.2 Å². The van der Waals surface area contributed by atoms with Gasteiger partial charge in [-0.15, -0.1) is 0 Å². The van der Waals surface area contributed by atoms with E-state index in [1.165, 1.54) is 11.2 Å². The standard InChI is InChI=1S/C15H30N2O3S/c1-11-9-15(3,4)8-7-13(11)16-14(18)17(5)12(2)10-21(6,19)20/h11-13H,7-10H2,1-6H3,(H,16,18)/t11-,12-,13+/m1/s1. The zero-order valence-electron chi connectivity index (χ0n) is 14.1. The number of amides is 2. The first kappa shape index (κ1) is 18.3. The molecule has 5 nitrogen and oxygen atoms in total. The van der Waals surface area contributed by atoms with E-state index in [9.17, 15) is 13.2 Å². The number of carbonyl (C=O) groups excluding carboxylic acids is 1. The molecule has 3 atom stereocenters. The maximum Gasteiger partial charge on any atom is 0.317 e. The van der Waals surface area contributed by atoms with Crippen molar-refractivity contribution >= 4 is 15.9 Å². The molecule has 1 saturated carbocycles. The minimum Gasteiger partial charge on any atom is -0.335 e. The smallest absolute Gasteiger partial charge is 0.317 e. The summed E-state index contributed by atoms with van der Waals surface area (Å²) in [5.41, 5.74) is 0.343. The van der Waals surface area contributed by atoms with Crippen molar-refractivity contribution in [2.75, 3.05) is 19.1 Å². The molecule has 0 unspecified atom stereocenters. The summed E-state index contributed by atoms with van der Waals surface area (Å²) < 4.78 is 22.6. The highest BCUT2D eigenvalue weighted by Gasteiger charge is 2.33. The predicted octanol–water partition coefficient (Wildman–Crippen LogP) is 2.28. The molecule has 0 aromatic rings. The average molecular weight is 318 g/mol. The molecule has 1 N–H and O–H groups in total. The summed E-state index contributed by atoms with van der Waals surface area (Å²) in [5.74, 6) is 0.431. The number of sulfone groups is 1. The van der Waals surface area contributed by atoms with Crippen LogP contribution >= 0.6 is 0 Å². The van der Waals surface area contributed by atoms with Gasteiger partial charge in [-0.25, -0.2) is 13.2 Å². The number of nitrogens with zero attached hydrogens (tertiary/aromatic N) is 1. The Morgan fingerprint density at radius 1 is 1.43 bits per heavy atom. The Hall–Kier alpha value is -0.780. The maximum atomic E-state index is 12.3. The lowest BCUT2D eigenvalue weighted by atomic mass is 9.70. The first-order valence-corrected chi connectivity index (χ1v) is 9.68. The van der Waals surface area contributed by atoms with Crippen molar-refractivity contribution in [2.45, 2.75) is 59.0 Å². The number of hydrogen-bond donors (Lipinski definition) is 1. The van der Waals surface area contributed by atoms with E-state index in [0.717, 1.165) is 19.3 Å². The van der Waals surface area contributed by atoms with Gasteiger partial charge < -0.3 is 10.2 Å². The molecule has 0 aromatic carbocycles. The summed E-state index contributed by atoms with van der Waals surface area (Å²) in [5, 5.41) is 3.07. The molecule has 21 heavy (non-hydrogen) atoms. The van der Waals surface area contributed by atoms with Gasteiger partial charge in [0.25, 0.3) is 0 Å². The minimum atomic E-state index is -3.08. The second-order valence-electron chi connectivity index (χ2n) is 7.49. The number of urea groups is 1. The fourth-order valence-corrected chi connectivity index (χ4v) is 4.27. The Bertz CT molecular complexity index is 473. The minimum absolute atomic E-state index is 0.00975. The van der Waals surface area contributed by atoms with Crippen LogP contribution in [0.1, 0.15) is 47.0 Å². The third-order valence-corrected chi connectivity index (χ3v) is 5.62. The zero-order chi connectivity index (χ0) is 16.4. The largest absolute Gasteiger partial charge is 0.335 e. The van der Waals surface area contributed by atoms with Gasteiger partial charge in [-0.05, 0) is 37.5 Å². The third-order valence-electron chi connectivity index (χ3n) is 4.53. The van der Waals surface area contributed by atoms with Crippen molar-refractivity contribution < 1.29 is 13.2 Å². The molecule has 0 spiro atoms. The van der Waals surface area contributed by atoms with E-state index in [1.54, 1.807) is 14.0 Å². The summed E-state index contributed by atoms with van der Waals surface area (Å²) in [4.78, 5) is 13.8. The zero-order valence-corrected chi connectivity index (χ0v) is 15.0. The van der Waals surface area contributed by atoms with Gasteiger partial charge in [0, 0.05) is 25.4 Å². The lowest BCUT2D eigenvalue weighted by Gasteiger charge is -2.40. The molecule has 0 radical (unpaired) electrons. The SMILES string of the molecule is C[C@@H]1CC(C)(C)CC[C@@H]1NC(=O)N(C)[C@H](C)CS(C)(=O)=O. The molecule has 1 aliphatic rings. The van der Waals surface area contributed by atoms with Crippen LogP contribution in [0.4, 0.5) is 4.79 Å². The topological polar surface area (TPSA) is 66.5 Å². The highest BCUT2D eigenvalue weighted by atomic mass is 32.2. The average Bonchev–Trinajstić information content (AvgIpc) is 2.28. The molecule has 0 heterocycles. The number of rotatable bonds is 4. The van der Waals surface area contributed by atoms with E-state index in [2.05, 4.69) is 26.1 Å². The molecular weight excluding hydrogens is 288 g/mol. The van der Waals surface area contributed by atoms with Crippen molar-refractivity contribution in [3.63, 3.8) is 0 Å². The van der Waals surface area contributed by atoms with Gasteiger partial charge in [0.1, 0.15) is 9.84 Å². The Balaban J connectivity index is 2.57. The van der Waals surface area contributed by atoms with E-state index in [4.69, 9.17) is 0 Å². The Morgan fingerprint density at radius 2 is 2.00 bits per heavy atom. The van der Waals surface area contributed by atoms with Gasteiger partial charge in [-0.1, -0.05) is 20.8 Å². The van der Waals surface area contributed by atoms with Gasteiger partial charge in [0.05, 0.1) is 5.75 Å². The number of nitrogens with one attached hydrogen (secondary N) is 1. The van der Waals surface area contributed by atoms with Crippen LogP contribution in [-0.2, 0) is 9.84 Å². The van der Waals surface area contributed by atoms with E-state index >= 15 is 0 Å². The van der Waals surface area contributed by atoms with Crippen LogP contribution in [0.15, 0.2) is 0 Å². The van der Waals surface area contributed by atoms with Crippen LogP contribution in [0, 0.1) is 11.3 Å². The van der Waals surface area contributed by atoms with Crippen LogP contribution in [0.3, 0.4) is 0 Å². The third kappa shape index (κ3) is 5.85. The normalized spacial score (nSPS) is 27.0. The maximum absolute atomic E-state index is 12.3. The molecule has 0 bridgehead atoms. The lowest BCUT2D eigenvalue weighted by Crippen LogP contribution is -2.51. The van der Waals surface area contributed by atoms with Crippen molar-refractivity contribution in [2.24, 2.45) is 11.3 Å².